The summed E-state index contributed by atoms with van der Waals surface area (Å²) in [5, 5.41) is 11.9. The molecule has 0 bridgehead atoms. The molecule has 0 heterocycles. The second-order valence-electron chi connectivity index (χ2n) is 6.93. The van der Waals surface area contributed by atoms with E-state index in [4.69, 9.17) is 10.8 Å². The normalized spacial score (nSPS) is 12.6. The van der Waals surface area contributed by atoms with E-state index < -0.39 is 0 Å². The van der Waals surface area contributed by atoms with Crippen molar-refractivity contribution in [2.45, 2.75) is 70.8 Å². The van der Waals surface area contributed by atoms with Crippen LogP contribution in [0.3, 0.4) is 0 Å². The number of fused-ring (bicyclic) bond motifs is 1. The second kappa shape index (κ2) is 10.5. The van der Waals surface area contributed by atoms with Gasteiger partial charge in [-0.25, -0.2) is 0 Å². The molecule has 0 aliphatic carbocycles. The van der Waals surface area contributed by atoms with Gasteiger partial charge < -0.3 is 10.8 Å². The minimum Gasteiger partial charge on any atom is -0.395 e. The van der Waals surface area contributed by atoms with Crippen LogP contribution < -0.4 is 5.73 Å². The van der Waals surface area contributed by atoms with Gasteiger partial charge in [-0.1, -0.05) is 75.4 Å². The van der Waals surface area contributed by atoms with Gasteiger partial charge in [0.1, 0.15) is 0 Å². The molecule has 0 amide bonds. The first kappa shape index (κ1) is 19.0. The Morgan fingerprint density at radius 1 is 0.833 bits per heavy atom. The molecule has 24 heavy (non-hydrogen) atoms. The molecule has 1 atom stereocenters. The van der Waals surface area contributed by atoms with Gasteiger partial charge >= 0.3 is 0 Å². The fourth-order valence-electron chi connectivity index (χ4n) is 3.39. The zero-order valence-corrected chi connectivity index (χ0v) is 15.1. The first-order valence-corrected chi connectivity index (χ1v) is 9.62. The summed E-state index contributed by atoms with van der Waals surface area (Å²) in [6.45, 7) is 2.33. The fourth-order valence-corrected chi connectivity index (χ4v) is 3.39. The van der Waals surface area contributed by atoms with Gasteiger partial charge in [0.25, 0.3) is 0 Å². The Kier molecular flexibility index (Phi) is 8.27. The highest BCUT2D eigenvalue weighted by molar-refractivity contribution is 5.88. The van der Waals surface area contributed by atoms with E-state index >= 15 is 0 Å². The van der Waals surface area contributed by atoms with Gasteiger partial charge in [-0.2, -0.15) is 0 Å². The Balaban J connectivity index is 2.01. The summed E-state index contributed by atoms with van der Waals surface area (Å²) in [6, 6.07) is 13.2. The largest absolute Gasteiger partial charge is 0.395 e. The molecule has 2 aromatic rings. The molecule has 3 N–H and O–H groups in total. The highest BCUT2D eigenvalue weighted by Crippen LogP contribution is 2.25. The second-order valence-corrected chi connectivity index (χ2v) is 6.93. The van der Waals surface area contributed by atoms with E-state index in [0.29, 0.717) is 0 Å². The summed E-state index contributed by atoms with van der Waals surface area (Å²) in [4.78, 5) is 0. The number of hydrogen-bond donors (Lipinski definition) is 2. The van der Waals surface area contributed by atoms with Crippen LogP contribution in [-0.2, 0) is 12.8 Å². The minimum absolute atomic E-state index is 0.0635. The number of hydrogen-bond acceptors (Lipinski definition) is 2. The number of aliphatic hydroxyl groups excluding tert-OH is 1. The van der Waals surface area contributed by atoms with Crippen molar-refractivity contribution in [3.8, 4) is 0 Å². The maximum Gasteiger partial charge on any atom is 0.0582 e. The lowest BCUT2D eigenvalue weighted by atomic mass is 9.93. The minimum atomic E-state index is -0.119. The van der Waals surface area contributed by atoms with Crippen LogP contribution in [0.1, 0.15) is 63.0 Å². The Morgan fingerprint density at radius 3 is 2.04 bits per heavy atom. The number of aliphatic hydroxyl groups is 1. The van der Waals surface area contributed by atoms with E-state index in [9.17, 15) is 0 Å². The standard InChI is InChI=1S/C22H33NO/c1-2-3-4-5-6-7-10-18-13-14-19(15-16-20(23)17-24)22-12-9-8-11-21(18)22/h8-9,11-14,20,24H,2-7,10,15-17,23H2,1H3. The Morgan fingerprint density at radius 2 is 1.42 bits per heavy atom. The predicted molar refractivity (Wildman–Crippen MR) is 104 cm³/mol. The quantitative estimate of drug-likeness (QED) is 0.571. The molecule has 0 radical (unpaired) electrons. The van der Waals surface area contributed by atoms with Gasteiger partial charge in [-0.05, 0) is 47.6 Å². The number of aryl methyl sites for hydroxylation is 2. The molecule has 2 heteroatoms. The van der Waals surface area contributed by atoms with Crippen LogP contribution in [0.4, 0.5) is 0 Å². The summed E-state index contributed by atoms with van der Waals surface area (Å²) in [5.74, 6) is 0. The average molecular weight is 328 g/mol. The molecule has 0 fully saturated rings. The molecular weight excluding hydrogens is 294 g/mol. The average Bonchev–Trinajstić information content (AvgIpc) is 2.63. The van der Waals surface area contributed by atoms with E-state index in [1.165, 1.54) is 66.8 Å². The van der Waals surface area contributed by atoms with Crippen molar-refractivity contribution in [3.63, 3.8) is 0 Å². The third kappa shape index (κ3) is 5.61. The van der Waals surface area contributed by atoms with E-state index in [1.807, 2.05) is 0 Å². The van der Waals surface area contributed by atoms with Crippen LogP contribution >= 0.6 is 0 Å². The summed E-state index contributed by atoms with van der Waals surface area (Å²) >= 11 is 0. The third-order valence-corrected chi connectivity index (χ3v) is 4.92. The summed E-state index contributed by atoms with van der Waals surface area (Å²) in [6.07, 6.45) is 11.0. The van der Waals surface area contributed by atoms with Gasteiger partial charge in [0, 0.05) is 6.04 Å². The Hall–Kier alpha value is -1.38. The van der Waals surface area contributed by atoms with Gasteiger partial charge in [0.05, 0.1) is 6.61 Å². The van der Waals surface area contributed by atoms with Gasteiger partial charge in [0.15, 0.2) is 0 Å². The van der Waals surface area contributed by atoms with E-state index in [0.717, 1.165) is 12.8 Å². The van der Waals surface area contributed by atoms with Crippen molar-refractivity contribution < 1.29 is 5.11 Å². The molecular formula is C22H33NO. The lowest BCUT2D eigenvalue weighted by Gasteiger charge is -2.13. The number of rotatable bonds is 11. The zero-order valence-electron chi connectivity index (χ0n) is 15.1. The smallest absolute Gasteiger partial charge is 0.0582 e. The van der Waals surface area contributed by atoms with Crippen LogP contribution in [0.5, 0.6) is 0 Å². The highest BCUT2D eigenvalue weighted by Gasteiger charge is 2.08. The van der Waals surface area contributed by atoms with Crippen LogP contribution in [0.15, 0.2) is 36.4 Å². The van der Waals surface area contributed by atoms with Crippen molar-refractivity contribution in [2.24, 2.45) is 5.73 Å². The van der Waals surface area contributed by atoms with E-state index in [2.05, 4.69) is 43.3 Å². The van der Waals surface area contributed by atoms with Crippen LogP contribution in [0.25, 0.3) is 10.8 Å². The number of nitrogens with two attached hydrogens (primary N) is 1. The summed E-state index contributed by atoms with van der Waals surface area (Å²) < 4.78 is 0. The van der Waals surface area contributed by atoms with Crippen molar-refractivity contribution in [1.29, 1.82) is 0 Å². The zero-order chi connectivity index (χ0) is 17.2. The van der Waals surface area contributed by atoms with E-state index in [-0.39, 0.29) is 12.6 Å². The monoisotopic (exact) mass is 327 g/mol. The van der Waals surface area contributed by atoms with Crippen LogP contribution in [0.2, 0.25) is 0 Å². The number of benzene rings is 2. The maximum absolute atomic E-state index is 9.12. The molecule has 2 rings (SSSR count). The van der Waals surface area contributed by atoms with Crippen molar-refractivity contribution >= 4 is 10.8 Å². The summed E-state index contributed by atoms with van der Waals surface area (Å²) in [5.41, 5.74) is 8.68. The molecule has 1 unspecified atom stereocenters. The molecule has 0 saturated heterocycles. The molecule has 0 aliphatic rings. The Bertz CT molecular complexity index is 608. The molecule has 0 aliphatic heterocycles. The molecule has 132 valence electrons. The van der Waals surface area contributed by atoms with Crippen molar-refractivity contribution in [1.82, 2.24) is 0 Å². The fraction of sp³-hybridized carbons (Fsp3) is 0.545. The van der Waals surface area contributed by atoms with Crippen molar-refractivity contribution in [3.05, 3.63) is 47.5 Å². The highest BCUT2D eigenvalue weighted by atomic mass is 16.3. The molecule has 0 aromatic heterocycles. The summed E-state index contributed by atoms with van der Waals surface area (Å²) in [7, 11) is 0. The number of unbranched alkanes of at least 4 members (excludes halogenated alkanes) is 5. The van der Waals surface area contributed by atoms with E-state index in [1.54, 1.807) is 0 Å². The first-order chi connectivity index (χ1) is 11.8. The Labute approximate surface area is 147 Å². The van der Waals surface area contributed by atoms with Crippen LogP contribution in [0, 0.1) is 0 Å². The topological polar surface area (TPSA) is 46.2 Å². The lowest BCUT2D eigenvalue weighted by molar-refractivity contribution is 0.260. The molecule has 0 saturated carbocycles. The SMILES string of the molecule is CCCCCCCCc1ccc(CCC(N)CO)c2ccccc12. The van der Waals surface area contributed by atoms with Gasteiger partial charge in [-0.15, -0.1) is 0 Å². The molecule has 2 aromatic carbocycles. The first-order valence-electron chi connectivity index (χ1n) is 9.62. The van der Waals surface area contributed by atoms with Crippen LogP contribution in [-0.4, -0.2) is 17.8 Å². The van der Waals surface area contributed by atoms with Gasteiger partial charge in [-0.3, -0.25) is 0 Å². The molecule has 0 spiro atoms. The van der Waals surface area contributed by atoms with Gasteiger partial charge in [0.2, 0.25) is 0 Å². The van der Waals surface area contributed by atoms with Crippen molar-refractivity contribution in [2.75, 3.05) is 6.61 Å². The maximum atomic E-state index is 9.12. The lowest BCUT2D eigenvalue weighted by Crippen LogP contribution is -2.24. The molecule has 2 nitrogen and oxygen atoms in total. The predicted octanol–water partition coefficient (Wildman–Crippen LogP) is 5.00. The third-order valence-electron chi connectivity index (χ3n) is 4.92.